The minimum Gasteiger partial charge on any atom is -0.316 e. The molecule has 2 rings (SSSR count). The van der Waals surface area contributed by atoms with Crippen LogP contribution in [0.1, 0.15) is 16.7 Å². The Hall–Kier alpha value is -1.38. The van der Waals surface area contributed by atoms with E-state index in [2.05, 4.69) is 24.4 Å². The summed E-state index contributed by atoms with van der Waals surface area (Å²) in [6.45, 7) is 2.11. The molecular formula is C17H19ClFN. The van der Waals surface area contributed by atoms with Crippen LogP contribution in [0.15, 0.2) is 42.5 Å². The molecule has 0 spiro atoms. The lowest BCUT2D eigenvalue weighted by Gasteiger charge is -2.18. The number of halogens is 2. The molecule has 0 aromatic heterocycles. The van der Waals surface area contributed by atoms with Crippen LogP contribution in [0.25, 0.3) is 0 Å². The summed E-state index contributed by atoms with van der Waals surface area (Å²) in [5.41, 5.74) is 3.43. The quantitative estimate of drug-likeness (QED) is 0.872. The second-order valence-electron chi connectivity index (χ2n) is 5.03. The van der Waals surface area contributed by atoms with Gasteiger partial charge in [0.2, 0.25) is 0 Å². The monoisotopic (exact) mass is 291 g/mol. The smallest absolute Gasteiger partial charge is 0.142 e. The van der Waals surface area contributed by atoms with Crippen LogP contribution >= 0.6 is 11.6 Å². The van der Waals surface area contributed by atoms with Crippen LogP contribution in [0, 0.1) is 12.7 Å². The maximum Gasteiger partial charge on any atom is 0.142 e. The van der Waals surface area contributed by atoms with Gasteiger partial charge in [0.15, 0.2) is 0 Å². The summed E-state index contributed by atoms with van der Waals surface area (Å²) in [4.78, 5) is 0. The van der Waals surface area contributed by atoms with Gasteiger partial charge >= 0.3 is 0 Å². The Morgan fingerprint density at radius 3 is 2.40 bits per heavy atom. The normalized spacial score (nSPS) is 12.4. The second kappa shape index (κ2) is 6.87. The predicted octanol–water partition coefficient (Wildman–Crippen LogP) is 4.16. The maximum absolute atomic E-state index is 13.5. The van der Waals surface area contributed by atoms with Gasteiger partial charge in [-0.05, 0) is 49.6 Å². The van der Waals surface area contributed by atoms with Crippen molar-refractivity contribution < 1.29 is 4.39 Å². The number of rotatable bonds is 5. The Balaban J connectivity index is 2.14. The van der Waals surface area contributed by atoms with Gasteiger partial charge in [0.25, 0.3) is 0 Å². The fourth-order valence-electron chi connectivity index (χ4n) is 2.35. The number of likely N-dealkylation sites (N-methyl/N-ethyl adjacent to an activating group) is 1. The fraction of sp³-hybridized carbons (Fsp3) is 0.294. The van der Waals surface area contributed by atoms with Gasteiger partial charge < -0.3 is 5.32 Å². The highest BCUT2D eigenvalue weighted by molar-refractivity contribution is 6.31. The molecular weight excluding hydrogens is 273 g/mol. The van der Waals surface area contributed by atoms with E-state index < -0.39 is 0 Å². The van der Waals surface area contributed by atoms with Gasteiger partial charge in [-0.1, -0.05) is 48.0 Å². The molecule has 0 heterocycles. The van der Waals surface area contributed by atoms with Crippen molar-refractivity contribution in [2.45, 2.75) is 25.8 Å². The Kier molecular flexibility index (Phi) is 5.16. The molecule has 0 bridgehead atoms. The van der Waals surface area contributed by atoms with E-state index in [4.69, 9.17) is 11.6 Å². The summed E-state index contributed by atoms with van der Waals surface area (Å²) < 4.78 is 13.5. The molecule has 0 saturated heterocycles. The topological polar surface area (TPSA) is 12.0 Å². The Morgan fingerprint density at radius 2 is 1.70 bits per heavy atom. The van der Waals surface area contributed by atoms with Crippen molar-refractivity contribution in [3.8, 4) is 0 Å². The minimum absolute atomic E-state index is 0.232. The van der Waals surface area contributed by atoms with Crippen LogP contribution in [0.3, 0.4) is 0 Å². The van der Waals surface area contributed by atoms with Crippen molar-refractivity contribution in [2.75, 3.05) is 7.05 Å². The zero-order valence-electron chi connectivity index (χ0n) is 11.8. The van der Waals surface area contributed by atoms with Crippen molar-refractivity contribution in [2.24, 2.45) is 0 Å². The number of benzene rings is 2. The number of hydrogen-bond donors (Lipinski definition) is 1. The molecule has 1 N–H and O–H groups in total. The summed E-state index contributed by atoms with van der Waals surface area (Å²) >= 11 is 6.03. The van der Waals surface area contributed by atoms with Crippen molar-refractivity contribution in [3.63, 3.8) is 0 Å². The molecule has 0 saturated carbocycles. The molecule has 20 heavy (non-hydrogen) atoms. The average Bonchev–Trinajstić information content (AvgIpc) is 2.45. The van der Waals surface area contributed by atoms with Crippen molar-refractivity contribution in [3.05, 3.63) is 70.0 Å². The van der Waals surface area contributed by atoms with Gasteiger partial charge in [0.05, 0.1) is 5.02 Å². The van der Waals surface area contributed by atoms with Gasteiger partial charge in [-0.15, -0.1) is 0 Å². The molecule has 3 heteroatoms. The first-order valence-corrected chi connectivity index (χ1v) is 7.14. The molecule has 0 aliphatic rings. The van der Waals surface area contributed by atoms with Gasteiger partial charge in [-0.25, -0.2) is 4.39 Å². The number of aryl methyl sites for hydroxylation is 1. The highest BCUT2D eigenvalue weighted by Crippen LogP contribution is 2.22. The Bertz CT molecular complexity index is 583. The lowest BCUT2D eigenvalue weighted by Crippen LogP contribution is -2.30. The van der Waals surface area contributed by atoms with Crippen molar-refractivity contribution in [1.82, 2.24) is 5.32 Å². The van der Waals surface area contributed by atoms with E-state index in [0.717, 1.165) is 12.0 Å². The zero-order valence-corrected chi connectivity index (χ0v) is 12.5. The van der Waals surface area contributed by atoms with Crippen LogP contribution in [0.5, 0.6) is 0 Å². The second-order valence-corrected chi connectivity index (χ2v) is 5.41. The van der Waals surface area contributed by atoms with Gasteiger partial charge in [0.1, 0.15) is 5.82 Å². The standard InChI is InChI=1S/C17H19ClFN/c1-12-6-3-4-7-13(12)10-15(20-2)11-14-8-5-9-16(19)17(14)18/h3-9,15,20H,10-11H2,1-2H3. The van der Waals surface area contributed by atoms with E-state index >= 15 is 0 Å². The van der Waals surface area contributed by atoms with E-state index in [1.807, 2.05) is 25.2 Å². The molecule has 1 atom stereocenters. The molecule has 0 radical (unpaired) electrons. The third-order valence-corrected chi connectivity index (χ3v) is 4.06. The third kappa shape index (κ3) is 3.59. The fourth-order valence-corrected chi connectivity index (χ4v) is 2.56. The minimum atomic E-state index is -0.352. The molecule has 1 nitrogen and oxygen atoms in total. The van der Waals surface area contributed by atoms with Crippen LogP contribution < -0.4 is 5.32 Å². The molecule has 0 aliphatic heterocycles. The number of hydrogen-bond acceptors (Lipinski definition) is 1. The lowest BCUT2D eigenvalue weighted by atomic mass is 9.96. The van der Waals surface area contributed by atoms with E-state index in [0.29, 0.717) is 6.42 Å². The highest BCUT2D eigenvalue weighted by Gasteiger charge is 2.13. The van der Waals surface area contributed by atoms with E-state index in [-0.39, 0.29) is 16.9 Å². The summed E-state index contributed by atoms with van der Waals surface area (Å²) in [6.07, 6.45) is 1.61. The summed E-state index contributed by atoms with van der Waals surface area (Å²) in [5.74, 6) is -0.352. The molecule has 2 aromatic rings. The maximum atomic E-state index is 13.5. The van der Waals surface area contributed by atoms with Gasteiger partial charge in [0, 0.05) is 6.04 Å². The van der Waals surface area contributed by atoms with Gasteiger partial charge in [-0.2, -0.15) is 0 Å². The molecule has 0 amide bonds. The Morgan fingerprint density at radius 1 is 1.05 bits per heavy atom. The summed E-state index contributed by atoms with van der Waals surface area (Å²) in [6, 6.07) is 13.5. The molecule has 106 valence electrons. The highest BCUT2D eigenvalue weighted by atomic mass is 35.5. The lowest BCUT2D eigenvalue weighted by molar-refractivity contribution is 0.552. The van der Waals surface area contributed by atoms with Crippen molar-refractivity contribution >= 4 is 11.6 Å². The largest absolute Gasteiger partial charge is 0.316 e. The first kappa shape index (κ1) is 15.0. The first-order chi connectivity index (χ1) is 9.61. The average molecular weight is 292 g/mol. The van der Waals surface area contributed by atoms with Crippen LogP contribution in [0.2, 0.25) is 5.02 Å². The summed E-state index contributed by atoms with van der Waals surface area (Å²) in [5, 5.41) is 3.53. The number of nitrogens with one attached hydrogen (secondary N) is 1. The van der Waals surface area contributed by atoms with E-state index in [1.165, 1.54) is 17.2 Å². The molecule has 1 unspecified atom stereocenters. The predicted molar refractivity (Wildman–Crippen MR) is 82.8 cm³/mol. The third-order valence-electron chi connectivity index (χ3n) is 3.63. The first-order valence-electron chi connectivity index (χ1n) is 6.76. The molecule has 2 aromatic carbocycles. The molecule has 0 fully saturated rings. The van der Waals surface area contributed by atoms with Crippen LogP contribution in [0.4, 0.5) is 4.39 Å². The SMILES string of the molecule is CNC(Cc1ccccc1C)Cc1cccc(F)c1Cl. The van der Waals surface area contributed by atoms with E-state index in [9.17, 15) is 4.39 Å². The Labute approximate surface area is 124 Å². The summed E-state index contributed by atoms with van der Waals surface area (Å²) in [7, 11) is 1.93. The van der Waals surface area contributed by atoms with E-state index in [1.54, 1.807) is 6.07 Å². The van der Waals surface area contributed by atoms with Crippen LogP contribution in [-0.2, 0) is 12.8 Å². The molecule has 0 aliphatic carbocycles. The van der Waals surface area contributed by atoms with Crippen molar-refractivity contribution in [1.29, 1.82) is 0 Å². The van der Waals surface area contributed by atoms with Crippen LogP contribution in [-0.4, -0.2) is 13.1 Å². The van der Waals surface area contributed by atoms with Gasteiger partial charge in [-0.3, -0.25) is 0 Å². The zero-order chi connectivity index (χ0) is 14.5.